The molecule has 1 aromatic carbocycles. The fourth-order valence-electron chi connectivity index (χ4n) is 1.61. The van der Waals surface area contributed by atoms with Crippen molar-refractivity contribution in [1.82, 2.24) is 5.32 Å². The normalized spacial score (nSPS) is 12.2. The average molecular weight is 300 g/mol. The Labute approximate surface area is 110 Å². The van der Waals surface area contributed by atoms with Crippen LogP contribution < -0.4 is 5.32 Å². The third-order valence-electron chi connectivity index (χ3n) is 2.78. The van der Waals surface area contributed by atoms with Crippen LogP contribution in [0, 0.1) is 5.92 Å². The van der Waals surface area contributed by atoms with Gasteiger partial charge < -0.3 is 10.4 Å². The molecule has 1 atom stereocenters. The predicted octanol–water partition coefficient (Wildman–Crippen LogP) is 2.59. The largest absolute Gasteiger partial charge is 0.396 e. The van der Waals surface area contributed by atoms with Crippen molar-refractivity contribution in [1.29, 1.82) is 0 Å². The SMILES string of the molecule is CCC(CCO)CNC(=O)c1ccccc1Br. The summed E-state index contributed by atoms with van der Waals surface area (Å²) in [5.74, 6) is 0.264. The van der Waals surface area contributed by atoms with E-state index in [0.29, 0.717) is 18.0 Å². The summed E-state index contributed by atoms with van der Waals surface area (Å²) in [4.78, 5) is 11.9. The minimum Gasteiger partial charge on any atom is -0.396 e. The highest BCUT2D eigenvalue weighted by Crippen LogP contribution is 2.15. The van der Waals surface area contributed by atoms with Crippen LogP contribution >= 0.6 is 15.9 Å². The molecule has 0 fully saturated rings. The Morgan fingerprint density at radius 1 is 1.47 bits per heavy atom. The summed E-state index contributed by atoms with van der Waals surface area (Å²) in [6.07, 6.45) is 1.68. The summed E-state index contributed by atoms with van der Waals surface area (Å²) in [6, 6.07) is 7.35. The summed E-state index contributed by atoms with van der Waals surface area (Å²) >= 11 is 3.35. The van der Waals surface area contributed by atoms with E-state index in [-0.39, 0.29) is 12.5 Å². The van der Waals surface area contributed by atoms with Gasteiger partial charge in [-0.15, -0.1) is 0 Å². The second-order valence-electron chi connectivity index (χ2n) is 3.98. The Kier molecular flexibility index (Phi) is 6.22. The maximum absolute atomic E-state index is 11.9. The predicted molar refractivity (Wildman–Crippen MR) is 72.0 cm³/mol. The standard InChI is InChI=1S/C13H18BrNO2/c1-2-10(7-8-16)9-15-13(17)11-5-3-4-6-12(11)14/h3-6,10,16H,2,7-9H2,1H3,(H,15,17). The number of aliphatic hydroxyl groups excluding tert-OH is 1. The van der Waals surface area contributed by atoms with Crippen molar-refractivity contribution < 1.29 is 9.90 Å². The van der Waals surface area contributed by atoms with Gasteiger partial charge in [0.05, 0.1) is 5.56 Å². The van der Waals surface area contributed by atoms with E-state index in [2.05, 4.69) is 28.2 Å². The van der Waals surface area contributed by atoms with Crippen LogP contribution in [0.5, 0.6) is 0 Å². The molecule has 4 heteroatoms. The van der Waals surface area contributed by atoms with Crippen molar-refractivity contribution >= 4 is 21.8 Å². The van der Waals surface area contributed by atoms with Gasteiger partial charge in [-0.05, 0) is 40.4 Å². The number of carbonyl (C=O) groups excluding carboxylic acids is 1. The van der Waals surface area contributed by atoms with E-state index < -0.39 is 0 Å². The van der Waals surface area contributed by atoms with Gasteiger partial charge in [-0.1, -0.05) is 25.5 Å². The first kappa shape index (κ1) is 14.2. The Balaban J connectivity index is 2.52. The Hall–Kier alpha value is -0.870. The van der Waals surface area contributed by atoms with Crippen molar-refractivity contribution in [3.63, 3.8) is 0 Å². The molecule has 94 valence electrons. The van der Waals surface area contributed by atoms with Crippen LogP contribution in [0.25, 0.3) is 0 Å². The number of benzene rings is 1. The summed E-state index contributed by atoms with van der Waals surface area (Å²) in [5.41, 5.74) is 0.645. The van der Waals surface area contributed by atoms with Crippen molar-refractivity contribution in [2.75, 3.05) is 13.2 Å². The van der Waals surface area contributed by atoms with Crippen molar-refractivity contribution in [3.05, 3.63) is 34.3 Å². The Morgan fingerprint density at radius 3 is 2.76 bits per heavy atom. The van der Waals surface area contributed by atoms with Gasteiger partial charge in [0.1, 0.15) is 0 Å². The highest BCUT2D eigenvalue weighted by atomic mass is 79.9. The molecule has 1 rings (SSSR count). The van der Waals surface area contributed by atoms with Gasteiger partial charge in [0, 0.05) is 17.6 Å². The molecule has 2 N–H and O–H groups in total. The molecule has 1 amide bonds. The van der Waals surface area contributed by atoms with Crippen LogP contribution in [0.2, 0.25) is 0 Å². The smallest absolute Gasteiger partial charge is 0.252 e. The maximum Gasteiger partial charge on any atom is 0.252 e. The molecule has 1 unspecified atom stereocenters. The molecule has 17 heavy (non-hydrogen) atoms. The number of amides is 1. The zero-order valence-corrected chi connectivity index (χ0v) is 11.5. The number of aliphatic hydroxyl groups is 1. The first-order valence-electron chi connectivity index (χ1n) is 5.82. The number of halogens is 1. The van der Waals surface area contributed by atoms with Crippen LogP contribution in [0.1, 0.15) is 30.1 Å². The zero-order valence-electron chi connectivity index (χ0n) is 9.95. The fraction of sp³-hybridized carbons (Fsp3) is 0.462. The van der Waals surface area contributed by atoms with Crippen molar-refractivity contribution in [3.8, 4) is 0 Å². The molecule has 0 aliphatic carbocycles. The fourth-order valence-corrected chi connectivity index (χ4v) is 2.08. The van der Waals surface area contributed by atoms with Crippen LogP contribution in [0.15, 0.2) is 28.7 Å². The number of carbonyl (C=O) groups is 1. The minimum atomic E-state index is -0.0751. The van der Waals surface area contributed by atoms with E-state index in [1.165, 1.54) is 0 Å². The summed E-state index contributed by atoms with van der Waals surface area (Å²) in [7, 11) is 0. The molecule has 0 radical (unpaired) electrons. The number of nitrogens with one attached hydrogen (secondary N) is 1. The summed E-state index contributed by atoms with van der Waals surface area (Å²) < 4.78 is 0.799. The van der Waals surface area contributed by atoms with Gasteiger partial charge in [0.25, 0.3) is 5.91 Å². The minimum absolute atomic E-state index is 0.0751. The lowest BCUT2D eigenvalue weighted by atomic mass is 10.0. The van der Waals surface area contributed by atoms with Crippen LogP contribution in [-0.2, 0) is 0 Å². The highest BCUT2D eigenvalue weighted by molar-refractivity contribution is 9.10. The second kappa shape index (κ2) is 7.45. The quantitative estimate of drug-likeness (QED) is 0.848. The number of rotatable bonds is 6. The monoisotopic (exact) mass is 299 g/mol. The second-order valence-corrected chi connectivity index (χ2v) is 4.83. The third kappa shape index (κ3) is 4.48. The molecule has 0 aliphatic rings. The van der Waals surface area contributed by atoms with E-state index >= 15 is 0 Å². The van der Waals surface area contributed by atoms with Gasteiger partial charge >= 0.3 is 0 Å². The molecular formula is C13H18BrNO2. The topological polar surface area (TPSA) is 49.3 Å². The number of hydrogen-bond donors (Lipinski definition) is 2. The van der Waals surface area contributed by atoms with Gasteiger partial charge in [-0.2, -0.15) is 0 Å². The lowest BCUT2D eigenvalue weighted by Crippen LogP contribution is -2.29. The van der Waals surface area contributed by atoms with Gasteiger partial charge in [0.2, 0.25) is 0 Å². The van der Waals surface area contributed by atoms with Crippen LogP contribution in [0.3, 0.4) is 0 Å². The van der Waals surface area contributed by atoms with Crippen LogP contribution in [-0.4, -0.2) is 24.2 Å². The molecule has 3 nitrogen and oxygen atoms in total. The molecule has 0 bridgehead atoms. The lowest BCUT2D eigenvalue weighted by molar-refractivity contribution is 0.0943. The molecule has 0 aliphatic heterocycles. The van der Waals surface area contributed by atoms with Crippen molar-refractivity contribution in [2.24, 2.45) is 5.92 Å². The van der Waals surface area contributed by atoms with E-state index in [0.717, 1.165) is 17.3 Å². The van der Waals surface area contributed by atoms with E-state index in [1.807, 2.05) is 18.2 Å². The summed E-state index contributed by atoms with van der Waals surface area (Å²) in [6.45, 7) is 2.84. The first-order chi connectivity index (χ1) is 8.19. The van der Waals surface area contributed by atoms with Gasteiger partial charge in [-0.25, -0.2) is 0 Å². The summed E-state index contributed by atoms with van der Waals surface area (Å²) in [5, 5.41) is 11.8. The van der Waals surface area contributed by atoms with E-state index in [1.54, 1.807) is 6.07 Å². The van der Waals surface area contributed by atoms with E-state index in [4.69, 9.17) is 5.11 Å². The molecular weight excluding hydrogens is 282 g/mol. The molecule has 0 saturated heterocycles. The van der Waals surface area contributed by atoms with Crippen LogP contribution in [0.4, 0.5) is 0 Å². The average Bonchev–Trinajstić information content (AvgIpc) is 2.34. The van der Waals surface area contributed by atoms with E-state index in [9.17, 15) is 4.79 Å². The maximum atomic E-state index is 11.9. The van der Waals surface area contributed by atoms with Gasteiger partial charge in [-0.3, -0.25) is 4.79 Å². The van der Waals surface area contributed by atoms with Crippen molar-refractivity contribution in [2.45, 2.75) is 19.8 Å². The number of hydrogen-bond acceptors (Lipinski definition) is 2. The molecule has 1 aromatic rings. The molecule has 0 spiro atoms. The molecule has 0 saturated carbocycles. The molecule has 0 aromatic heterocycles. The lowest BCUT2D eigenvalue weighted by Gasteiger charge is -2.14. The Morgan fingerprint density at radius 2 is 2.18 bits per heavy atom. The first-order valence-corrected chi connectivity index (χ1v) is 6.62. The molecule has 0 heterocycles. The zero-order chi connectivity index (χ0) is 12.7. The highest BCUT2D eigenvalue weighted by Gasteiger charge is 2.11. The van der Waals surface area contributed by atoms with Gasteiger partial charge in [0.15, 0.2) is 0 Å². The third-order valence-corrected chi connectivity index (χ3v) is 3.48. The Bertz CT molecular complexity index is 368.